The van der Waals surface area contributed by atoms with E-state index < -0.39 is 0 Å². The maximum absolute atomic E-state index is 13.0. The average Bonchev–Trinajstić information content (AvgIpc) is 2.77. The zero-order valence-electron chi connectivity index (χ0n) is 17.6. The van der Waals surface area contributed by atoms with E-state index in [4.69, 9.17) is 38.0 Å². The zero-order valence-corrected chi connectivity index (χ0v) is 19.2. The number of benzene rings is 2. The molecule has 1 atom stereocenters. The standard InChI is InChI=1S/C22H24ClN3O4S/c1-28-18-5-4-14(23)9-16(18)24-22(31)25-11-17-15-10-20(30-3)19(29-2)8-13(15)6-7-26(17)21(27)12-25/h4-5,8-10,17H,6-7,11-12H2,1-3H3,(H,24,31)/t17-/m0/s1. The molecule has 1 amide bonds. The lowest BCUT2D eigenvalue weighted by Gasteiger charge is -2.45. The van der Waals surface area contributed by atoms with Crippen LogP contribution >= 0.6 is 23.8 Å². The summed E-state index contributed by atoms with van der Waals surface area (Å²) in [5, 5.41) is 4.19. The predicted octanol–water partition coefficient (Wildman–Crippen LogP) is 3.50. The fourth-order valence-electron chi connectivity index (χ4n) is 4.18. The number of carbonyl (C=O) groups is 1. The number of nitrogens with one attached hydrogen (secondary N) is 1. The number of hydrogen-bond donors (Lipinski definition) is 1. The molecule has 0 aliphatic carbocycles. The largest absolute Gasteiger partial charge is 0.495 e. The number of methoxy groups -OCH3 is 3. The van der Waals surface area contributed by atoms with Crippen LogP contribution in [0.5, 0.6) is 17.2 Å². The van der Waals surface area contributed by atoms with Gasteiger partial charge in [0, 0.05) is 18.1 Å². The number of rotatable bonds is 4. The van der Waals surface area contributed by atoms with Crippen LogP contribution in [0.1, 0.15) is 17.2 Å². The van der Waals surface area contributed by atoms with E-state index in [0.29, 0.717) is 46.2 Å². The minimum absolute atomic E-state index is 0.0406. The molecule has 2 aliphatic rings. The molecule has 2 aliphatic heterocycles. The Bertz CT molecular complexity index is 1030. The fourth-order valence-corrected chi connectivity index (χ4v) is 4.60. The summed E-state index contributed by atoms with van der Waals surface area (Å²) in [5.74, 6) is 2.01. The van der Waals surface area contributed by atoms with Crippen LogP contribution in [-0.4, -0.2) is 61.8 Å². The number of carbonyl (C=O) groups excluding carboxylic acids is 1. The van der Waals surface area contributed by atoms with Crippen LogP contribution in [0.25, 0.3) is 0 Å². The highest BCUT2D eigenvalue weighted by molar-refractivity contribution is 7.80. The molecule has 0 radical (unpaired) electrons. The van der Waals surface area contributed by atoms with Gasteiger partial charge in [0.15, 0.2) is 16.6 Å². The number of thiocarbonyl (C=S) groups is 1. The highest BCUT2D eigenvalue weighted by atomic mass is 35.5. The number of anilines is 1. The number of piperazine rings is 1. The number of fused-ring (bicyclic) bond motifs is 3. The summed E-state index contributed by atoms with van der Waals surface area (Å²) in [6.45, 7) is 1.46. The highest BCUT2D eigenvalue weighted by Gasteiger charge is 2.38. The Morgan fingerprint density at radius 2 is 1.81 bits per heavy atom. The number of halogens is 1. The van der Waals surface area contributed by atoms with E-state index in [1.54, 1.807) is 39.5 Å². The molecule has 1 fully saturated rings. The lowest BCUT2D eigenvalue weighted by Crippen LogP contribution is -2.56. The van der Waals surface area contributed by atoms with E-state index in [-0.39, 0.29) is 18.5 Å². The molecule has 1 saturated heterocycles. The van der Waals surface area contributed by atoms with Crippen molar-refractivity contribution >= 4 is 40.5 Å². The molecule has 4 rings (SSSR count). The van der Waals surface area contributed by atoms with Crippen molar-refractivity contribution in [1.29, 1.82) is 0 Å². The Labute approximate surface area is 191 Å². The molecular formula is C22H24ClN3O4S. The van der Waals surface area contributed by atoms with E-state index in [1.807, 2.05) is 21.9 Å². The van der Waals surface area contributed by atoms with Crippen LogP contribution < -0.4 is 19.5 Å². The van der Waals surface area contributed by atoms with E-state index in [9.17, 15) is 4.79 Å². The Kier molecular flexibility index (Phi) is 6.11. The Balaban J connectivity index is 1.61. The van der Waals surface area contributed by atoms with Crippen molar-refractivity contribution in [3.8, 4) is 17.2 Å². The smallest absolute Gasteiger partial charge is 0.242 e. The summed E-state index contributed by atoms with van der Waals surface area (Å²) in [6.07, 6.45) is 0.778. The Morgan fingerprint density at radius 1 is 1.10 bits per heavy atom. The topological polar surface area (TPSA) is 63.3 Å². The maximum Gasteiger partial charge on any atom is 0.242 e. The molecule has 2 heterocycles. The van der Waals surface area contributed by atoms with Crippen molar-refractivity contribution in [2.45, 2.75) is 12.5 Å². The summed E-state index contributed by atoms with van der Waals surface area (Å²) >= 11 is 11.8. The van der Waals surface area contributed by atoms with Crippen molar-refractivity contribution in [2.75, 3.05) is 46.3 Å². The predicted molar refractivity (Wildman–Crippen MR) is 124 cm³/mol. The maximum atomic E-state index is 13.0. The lowest BCUT2D eigenvalue weighted by atomic mass is 9.90. The third-order valence-corrected chi connectivity index (χ3v) is 6.33. The molecule has 7 nitrogen and oxygen atoms in total. The monoisotopic (exact) mass is 461 g/mol. The first-order valence-electron chi connectivity index (χ1n) is 9.89. The summed E-state index contributed by atoms with van der Waals surface area (Å²) in [7, 11) is 4.82. The van der Waals surface area contributed by atoms with Crippen LogP contribution in [0.15, 0.2) is 30.3 Å². The minimum Gasteiger partial charge on any atom is -0.495 e. The third-order valence-electron chi connectivity index (χ3n) is 5.73. The first-order valence-corrected chi connectivity index (χ1v) is 10.7. The first kappa shape index (κ1) is 21.5. The van der Waals surface area contributed by atoms with Gasteiger partial charge in [0.05, 0.1) is 39.6 Å². The molecule has 0 saturated carbocycles. The second kappa shape index (κ2) is 8.80. The molecule has 31 heavy (non-hydrogen) atoms. The van der Waals surface area contributed by atoms with Crippen molar-refractivity contribution in [3.05, 3.63) is 46.5 Å². The van der Waals surface area contributed by atoms with Gasteiger partial charge >= 0.3 is 0 Å². The normalized spacial score (nSPS) is 17.5. The zero-order chi connectivity index (χ0) is 22.1. The molecular weight excluding hydrogens is 438 g/mol. The van der Waals surface area contributed by atoms with Gasteiger partial charge in [0.1, 0.15) is 5.75 Å². The van der Waals surface area contributed by atoms with Crippen molar-refractivity contribution < 1.29 is 19.0 Å². The van der Waals surface area contributed by atoms with Crippen molar-refractivity contribution in [2.24, 2.45) is 0 Å². The first-order chi connectivity index (χ1) is 14.9. The van der Waals surface area contributed by atoms with Gasteiger partial charge in [-0.3, -0.25) is 4.79 Å². The number of ether oxygens (including phenoxy) is 3. The lowest BCUT2D eigenvalue weighted by molar-refractivity contribution is -0.138. The van der Waals surface area contributed by atoms with Gasteiger partial charge in [-0.1, -0.05) is 11.6 Å². The van der Waals surface area contributed by atoms with Crippen molar-refractivity contribution in [1.82, 2.24) is 9.80 Å². The van der Waals surface area contributed by atoms with Gasteiger partial charge in [-0.25, -0.2) is 0 Å². The van der Waals surface area contributed by atoms with Gasteiger partial charge in [-0.05, 0) is 60.1 Å². The molecule has 164 valence electrons. The highest BCUT2D eigenvalue weighted by Crippen LogP contribution is 2.40. The van der Waals surface area contributed by atoms with Crippen LogP contribution in [0.4, 0.5) is 5.69 Å². The summed E-state index contributed by atoms with van der Waals surface area (Å²) in [4.78, 5) is 16.8. The van der Waals surface area contributed by atoms with Crippen LogP contribution in [-0.2, 0) is 11.2 Å². The van der Waals surface area contributed by atoms with Crippen LogP contribution in [0.3, 0.4) is 0 Å². The molecule has 0 spiro atoms. The van der Waals surface area contributed by atoms with E-state index >= 15 is 0 Å². The summed E-state index contributed by atoms with van der Waals surface area (Å²) in [6, 6.07) is 9.12. The number of hydrogen-bond acceptors (Lipinski definition) is 5. The molecule has 2 aromatic rings. The molecule has 1 N–H and O–H groups in total. The second-order valence-electron chi connectivity index (χ2n) is 7.41. The fraction of sp³-hybridized carbons (Fsp3) is 0.364. The SMILES string of the molecule is COc1ccc(Cl)cc1NC(=S)N1CC(=O)N2CCc3cc(OC)c(OC)cc3[C@@H]2C1. The molecule has 2 aromatic carbocycles. The van der Waals surface area contributed by atoms with Gasteiger partial charge in [0.2, 0.25) is 5.91 Å². The average molecular weight is 462 g/mol. The molecule has 0 bridgehead atoms. The molecule has 0 aromatic heterocycles. The van der Waals surface area contributed by atoms with E-state index in [1.165, 1.54) is 0 Å². The van der Waals surface area contributed by atoms with E-state index in [0.717, 1.165) is 17.5 Å². The van der Waals surface area contributed by atoms with Crippen LogP contribution in [0, 0.1) is 0 Å². The molecule has 9 heteroatoms. The van der Waals surface area contributed by atoms with Gasteiger partial charge in [-0.15, -0.1) is 0 Å². The second-order valence-corrected chi connectivity index (χ2v) is 8.24. The van der Waals surface area contributed by atoms with Crippen LogP contribution in [0.2, 0.25) is 5.02 Å². The molecule has 0 unspecified atom stereocenters. The summed E-state index contributed by atoms with van der Waals surface area (Å²) in [5.41, 5.74) is 2.87. The van der Waals surface area contributed by atoms with Crippen molar-refractivity contribution in [3.63, 3.8) is 0 Å². The van der Waals surface area contributed by atoms with Gasteiger partial charge in [-0.2, -0.15) is 0 Å². The Hall–Kier alpha value is -2.71. The minimum atomic E-state index is -0.120. The quantitative estimate of drug-likeness (QED) is 0.699. The Morgan fingerprint density at radius 3 is 2.52 bits per heavy atom. The summed E-state index contributed by atoms with van der Waals surface area (Å²) < 4.78 is 16.3. The number of nitrogens with zero attached hydrogens (tertiary/aromatic N) is 2. The van der Waals surface area contributed by atoms with E-state index in [2.05, 4.69) is 5.32 Å². The van der Waals surface area contributed by atoms with Gasteiger partial charge in [0.25, 0.3) is 0 Å². The number of amides is 1. The third kappa shape index (κ3) is 4.09. The van der Waals surface area contributed by atoms with Gasteiger partial charge < -0.3 is 29.3 Å².